The topological polar surface area (TPSA) is 75.9 Å². The van der Waals surface area contributed by atoms with E-state index in [0.29, 0.717) is 18.1 Å². The second-order valence-electron chi connectivity index (χ2n) is 7.98. The van der Waals surface area contributed by atoms with E-state index in [1.165, 1.54) is 11.3 Å². The van der Waals surface area contributed by atoms with Crippen molar-refractivity contribution in [3.8, 4) is 10.6 Å². The summed E-state index contributed by atoms with van der Waals surface area (Å²) in [6.07, 6.45) is 3.33. The van der Waals surface area contributed by atoms with Gasteiger partial charge in [0.05, 0.1) is 18.3 Å². The van der Waals surface area contributed by atoms with Crippen molar-refractivity contribution in [3.05, 3.63) is 83.0 Å². The van der Waals surface area contributed by atoms with Gasteiger partial charge in [-0.25, -0.2) is 19.4 Å². The first kappa shape index (κ1) is 21.6. The van der Waals surface area contributed by atoms with Gasteiger partial charge in [0.2, 0.25) is 0 Å². The van der Waals surface area contributed by atoms with E-state index in [4.69, 9.17) is 11.6 Å². The molecule has 2 amide bonds. The molecule has 1 N–H and O–H groups in total. The number of benzene rings is 2. The van der Waals surface area contributed by atoms with Crippen molar-refractivity contribution in [1.29, 1.82) is 0 Å². The summed E-state index contributed by atoms with van der Waals surface area (Å²) in [5, 5.41) is 9.86. The summed E-state index contributed by atoms with van der Waals surface area (Å²) in [5.41, 5.74) is 2.93. The monoisotopic (exact) mass is 478 g/mol. The van der Waals surface area contributed by atoms with Gasteiger partial charge in [-0.3, -0.25) is 5.32 Å². The van der Waals surface area contributed by atoms with Crippen LogP contribution in [0.15, 0.2) is 60.9 Å². The predicted molar refractivity (Wildman–Crippen MR) is 131 cm³/mol. The van der Waals surface area contributed by atoms with E-state index in [2.05, 4.69) is 20.4 Å². The van der Waals surface area contributed by atoms with Crippen LogP contribution in [0.4, 0.5) is 9.80 Å². The molecule has 5 rings (SSSR count). The maximum absolute atomic E-state index is 13.2. The molecule has 2 aromatic heterocycles. The first-order valence-electron chi connectivity index (χ1n) is 10.8. The van der Waals surface area contributed by atoms with Crippen molar-refractivity contribution in [2.24, 2.45) is 0 Å². The summed E-state index contributed by atoms with van der Waals surface area (Å²) in [6.45, 7) is 3.17. The third-order valence-corrected chi connectivity index (χ3v) is 7.11. The van der Waals surface area contributed by atoms with Crippen LogP contribution in [0.5, 0.6) is 0 Å². The van der Waals surface area contributed by atoms with Crippen molar-refractivity contribution in [2.45, 2.75) is 32.4 Å². The lowest BCUT2D eigenvalue weighted by atomic mass is 10.2. The number of aromatic nitrogens is 4. The van der Waals surface area contributed by atoms with E-state index >= 15 is 0 Å². The molecule has 7 nitrogen and oxygen atoms in total. The normalized spacial score (nSPS) is 15.7. The number of hydrogen-bond acceptors (Lipinski definition) is 5. The largest absolute Gasteiger partial charge is 0.323 e. The molecule has 9 heteroatoms. The maximum atomic E-state index is 13.2. The highest BCUT2D eigenvalue weighted by molar-refractivity contribution is 7.19. The van der Waals surface area contributed by atoms with Crippen molar-refractivity contribution in [2.75, 3.05) is 11.9 Å². The molecule has 1 aliphatic rings. The number of nitrogens with zero attached hydrogens (tertiary/aromatic N) is 5. The molecule has 1 atom stereocenters. The Labute approximate surface area is 201 Å². The summed E-state index contributed by atoms with van der Waals surface area (Å²) < 4.78 is 1.87. The molecule has 0 bridgehead atoms. The van der Waals surface area contributed by atoms with Crippen LogP contribution in [-0.4, -0.2) is 37.2 Å². The SMILES string of the molecule is Cc1nc(-c2ccccc2)sc1NC(=O)N1CCC[C@@H]1c1ncnn1Cc1ccc(Cl)cc1. The Morgan fingerprint density at radius 2 is 1.97 bits per heavy atom. The zero-order chi connectivity index (χ0) is 22.8. The van der Waals surface area contributed by atoms with Crippen molar-refractivity contribution >= 4 is 34.0 Å². The highest BCUT2D eigenvalue weighted by atomic mass is 35.5. The zero-order valence-electron chi connectivity index (χ0n) is 18.1. The van der Waals surface area contributed by atoms with Gasteiger partial charge >= 0.3 is 6.03 Å². The van der Waals surface area contributed by atoms with Crippen LogP contribution < -0.4 is 5.32 Å². The number of carbonyl (C=O) groups is 1. The number of anilines is 1. The molecule has 4 aromatic rings. The van der Waals surface area contributed by atoms with E-state index < -0.39 is 0 Å². The molecule has 0 radical (unpaired) electrons. The van der Waals surface area contributed by atoms with Gasteiger partial charge in [0, 0.05) is 17.1 Å². The predicted octanol–water partition coefficient (Wildman–Crippen LogP) is 5.78. The number of hydrogen-bond donors (Lipinski definition) is 1. The van der Waals surface area contributed by atoms with Gasteiger partial charge in [0.15, 0.2) is 0 Å². The number of rotatable bonds is 5. The van der Waals surface area contributed by atoms with Gasteiger partial charge < -0.3 is 4.90 Å². The van der Waals surface area contributed by atoms with E-state index in [1.807, 2.05) is 71.1 Å². The van der Waals surface area contributed by atoms with Crippen LogP contribution in [0, 0.1) is 6.92 Å². The number of halogens is 1. The maximum Gasteiger partial charge on any atom is 0.323 e. The highest BCUT2D eigenvalue weighted by Crippen LogP contribution is 2.34. The average Bonchev–Trinajstić information content (AvgIpc) is 3.56. The number of likely N-dealkylation sites (tertiary alicyclic amines) is 1. The minimum absolute atomic E-state index is 0.123. The van der Waals surface area contributed by atoms with Gasteiger partial charge in [-0.2, -0.15) is 5.10 Å². The quantitative estimate of drug-likeness (QED) is 0.394. The molecule has 1 saturated heterocycles. The smallest absolute Gasteiger partial charge is 0.314 e. The van der Waals surface area contributed by atoms with Gasteiger partial charge in [-0.1, -0.05) is 65.4 Å². The number of urea groups is 1. The van der Waals surface area contributed by atoms with E-state index in [1.54, 1.807) is 6.33 Å². The Bertz CT molecular complexity index is 1250. The fraction of sp³-hybridized carbons (Fsp3) is 0.250. The molecule has 0 spiro atoms. The van der Waals surface area contributed by atoms with Crippen LogP contribution in [0.1, 0.15) is 36.0 Å². The summed E-state index contributed by atoms with van der Waals surface area (Å²) in [5.74, 6) is 0.795. The Morgan fingerprint density at radius 1 is 1.18 bits per heavy atom. The van der Waals surface area contributed by atoms with Crippen molar-refractivity contribution in [3.63, 3.8) is 0 Å². The van der Waals surface area contributed by atoms with Crippen LogP contribution >= 0.6 is 22.9 Å². The number of amides is 2. The van der Waals surface area contributed by atoms with Crippen LogP contribution in [0.2, 0.25) is 5.02 Å². The van der Waals surface area contributed by atoms with E-state index in [9.17, 15) is 4.79 Å². The van der Waals surface area contributed by atoms with Crippen molar-refractivity contribution in [1.82, 2.24) is 24.6 Å². The number of thiazole rings is 1. The standard InChI is InChI=1S/C24H23ClN6OS/c1-16-22(33-23(28-16)18-6-3-2-4-7-18)29-24(32)30-13-5-8-20(30)21-26-15-27-31(21)14-17-9-11-19(25)12-10-17/h2-4,6-7,9-12,15,20H,5,8,13-14H2,1H3,(H,29,32)/t20-/m1/s1. The molecule has 0 saturated carbocycles. The molecule has 168 valence electrons. The molecule has 3 heterocycles. The minimum Gasteiger partial charge on any atom is -0.314 e. The molecular weight excluding hydrogens is 456 g/mol. The summed E-state index contributed by atoms with van der Waals surface area (Å²) in [6, 6.07) is 17.4. The lowest BCUT2D eigenvalue weighted by molar-refractivity contribution is 0.203. The van der Waals surface area contributed by atoms with Gasteiger partial charge in [0.1, 0.15) is 22.2 Å². The van der Waals surface area contributed by atoms with Crippen molar-refractivity contribution < 1.29 is 4.79 Å². The average molecular weight is 479 g/mol. The summed E-state index contributed by atoms with van der Waals surface area (Å²) >= 11 is 7.50. The van der Waals surface area contributed by atoms with E-state index in [-0.39, 0.29) is 12.1 Å². The van der Waals surface area contributed by atoms with Crippen LogP contribution in [0.3, 0.4) is 0 Å². The summed E-state index contributed by atoms with van der Waals surface area (Å²) in [7, 11) is 0. The number of nitrogens with one attached hydrogen (secondary N) is 1. The van der Waals surface area contributed by atoms with Gasteiger partial charge in [0.25, 0.3) is 0 Å². The number of carbonyl (C=O) groups excluding carboxylic acids is 1. The Hall–Kier alpha value is -3.23. The lowest BCUT2D eigenvalue weighted by Gasteiger charge is -2.24. The van der Waals surface area contributed by atoms with Gasteiger partial charge in [-0.05, 0) is 37.5 Å². The Balaban J connectivity index is 1.33. The molecule has 2 aromatic carbocycles. The second kappa shape index (κ2) is 9.33. The zero-order valence-corrected chi connectivity index (χ0v) is 19.7. The molecule has 33 heavy (non-hydrogen) atoms. The van der Waals surface area contributed by atoms with Crippen LogP contribution in [0.25, 0.3) is 10.6 Å². The highest BCUT2D eigenvalue weighted by Gasteiger charge is 2.34. The minimum atomic E-state index is -0.134. The lowest BCUT2D eigenvalue weighted by Crippen LogP contribution is -2.35. The Morgan fingerprint density at radius 3 is 2.76 bits per heavy atom. The first-order valence-corrected chi connectivity index (χ1v) is 12.0. The van der Waals surface area contributed by atoms with Crippen LogP contribution in [-0.2, 0) is 6.54 Å². The first-order chi connectivity index (χ1) is 16.1. The Kier molecular flexibility index (Phi) is 6.11. The fourth-order valence-electron chi connectivity index (χ4n) is 4.08. The third-order valence-electron chi connectivity index (χ3n) is 5.74. The molecule has 0 aliphatic carbocycles. The third kappa shape index (κ3) is 4.62. The fourth-order valence-corrected chi connectivity index (χ4v) is 5.17. The van der Waals surface area contributed by atoms with Gasteiger partial charge in [-0.15, -0.1) is 0 Å². The molecule has 1 aliphatic heterocycles. The summed E-state index contributed by atoms with van der Waals surface area (Å²) in [4.78, 5) is 24.3. The molecular formula is C24H23ClN6OS. The number of aryl methyl sites for hydroxylation is 1. The molecule has 0 unspecified atom stereocenters. The molecule has 1 fully saturated rings. The second-order valence-corrected chi connectivity index (χ2v) is 9.42. The van der Waals surface area contributed by atoms with E-state index in [0.717, 1.165) is 45.5 Å².